The zero-order valence-corrected chi connectivity index (χ0v) is 11.8. The third-order valence-corrected chi connectivity index (χ3v) is 3.71. The molecule has 0 radical (unpaired) electrons. The molecule has 1 aliphatic rings. The van der Waals surface area contributed by atoms with Crippen LogP contribution >= 0.6 is 0 Å². The lowest BCUT2D eigenvalue weighted by Gasteiger charge is -2.43. The molecule has 1 aliphatic heterocycles. The van der Waals surface area contributed by atoms with Crippen LogP contribution in [0.2, 0.25) is 0 Å². The molecule has 1 saturated heterocycles. The summed E-state index contributed by atoms with van der Waals surface area (Å²) in [5, 5.41) is 0. The Hall–Kier alpha value is -0.610. The van der Waals surface area contributed by atoms with Gasteiger partial charge >= 0.3 is 0 Å². The standard InChI is InChI=1S/C13H27N3O/c1-9(2)6-12(14)13(17)16-7-10(3)15(5)11(4)8-16/h9-12H,6-8,14H2,1-5H3/t10?,11?,12-/m1/s1. The molecule has 2 unspecified atom stereocenters. The minimum atomic E-state index is -0.335. The first-order chi connectivity index (χ1) is 7.82. The third kappa shape index (κ3) is 3.68. The van der Waals surface area contributed by atoms with Crippen LogP contribution in [0, 0.1) is 5.92 Å². The first-order valence-corrected chi connectivity index (χ1v) is 6.59. The van der Waals surface area contributed by atoms with Gasteiger partial charge in [0.25, 0.3) is 0 Å². The van der Waals surface area contributed by atoms with Gasteiger partial charge in [-0.3, -0.25) is 9.69 Å². The largest absolute Gasteiger partial charge is 0.338 e. The van der Waals surface area contributed by atoms with Crippen LogP contribution in [0.15, 0.2) is 0 Å². The number of piperazine rings is 1. The van der Waals surface area contributed by atoms with Crippen LogP contribution in [-0.2, 0) is 4.79 Å². The van der Waals surface area contributed by atoms with E-state index in [1.807, 2.05) is 4.90 Å². The SMILES string of the molecule is CC(C)C[C@@H](N)C(=O)N1CC(C)N(C)C(C)C1. The number of carbonyl (C=O) groups excluding carboxylic acids is 1. The van der Waals surface area contributed by atoms with Gasteiger partial charge in [0.05, 0.1) is 6.04 Å². The average molecular weight is 241 g/mol. The molecule has 17 heavy (non-hydrogen) atoms. The van der Waals surface area contributed by atoms with Gasteiger partial charge in [-0.2, -0.15) is 0 Å². The number of hydrogen-bond donors (Lipinski definition) is 1. The summed E-state index contributed by atoms with van der Waals surface area (Å²) in [6.45, 7) is 10.1. The van der Waals surface area contributed by atoms with E-state index in [1.165, 1.54) is 0 Å². The van der Waals surface area contributed by atoms with Crippen molar-refractivity contribution in [3.05, 3.63) is 0 Å². The highest BCUT2D eigenvalue weighted by molar-refractivity contribution is 5.81. The summed E-state index contributed by atoms with van der Waals surface area (Å²) in [5.41, 5.74) is 5.97. The zero-order valence-electron chi connectivity index (χ0n) is 11.8. The van der Waals surface area contributed by atoms with Crippen molar-refractivity contribution in [3.8, 4) is 0 Å². The molecule has 0 spiro atoms. The lowest BCUT2D eigenvalue weighted by atomic mass is 10.0. The number of likely N-dealkylation sites (N-methyl/N-ethyl adjacent to an activating group) is 1. The molecule has 4 nitrogen and oxygen atoms in total. The van der Waals surface area contributed by atoms with E-state index >= 15 is 0 Å². The van der Waals surface area contributed by atoms with Gasteiger partial charge in [-0.05, 0) is 33.2 Å². The van der Waals surface area contributed by atoms with E-state index in [1.54, 1.807) is 0 Å². The van der Waals surface area contributed by atoms with Crippen molar-refractivity contribution in [1.29, 1.82) is 0 Å². The fourth-order valence-electron chi connectivity index (χ4n) is 2.43. The highest BCUT2D eigenvalue weighted by Crippen LogP contribution is 2.15. The molecular weight excluding hydrogens is 214 g/mol. The molecule has 0 aromatic carbocycles. The predicted molar refractivity (Wildman–Crippen MR) is 70.7 cm³/mol. The molecule has 0 aromatic heterocycles. The monoisotopic (exact) mass is 241 g/mol. The number of amides is 1. The van der Waals surface area contributed by atoms with Gasteiger partial charge in [-0.25, -0.2) is 0 Å². The van der Waals surface area contributed by atoms with Crippen molar-refractivity contribution >= 4 is 5.91 Å². The van der Waals surface area contributed by atoms with E-state index in [0.717, 1.165) is 19.5 Å². The van der Waals surface area contributed by atoms with Crippen molar-refractivity contribution in [2.75, 3.05) is 20.1 Å². The van der Waals surface area contributed by atoms with Crippen LogP contribution in [0.25, 0.3) is 0 Å². The fraction of sp³-hybridized carbons (Fsp3) is 0.923. The molecule has 1 amide bonds. The Morgan fingerprint density at radius 1 is 1.29 bits per heavy atom. The van der Waals surface area contributed by atoms with Crippen LogP contribution in [0.5, 0.6) is 0 Å². The summed E-state index contributed by atoms with van der Waals surface area (Å²) in [7, 11) is 2.12. The van der Waals surface area contributed by atoms with Crippen molar-refractivity contribution in [3.63, 3.8) is 0 Å². The number of nitrogens with zero attached hydrogens (tertiary/aromatic N) is 2. The second-order valence-electron chi connectivity index (χ2n) is 5.84. The maximum Gasteiger partial charge on any atom is 0.239 e. The number of nitrogens with two attached hydrogens (primary N) is 1. The zero-order chi connectivity index (χ0) is 13.2. The predicted octanol–water partition coefficient (Wildman–Crippen LogP) is 0.911. The maximum atomic E-state index is 12.2. The maximum absolute atomic E-state index is 12.2. The van der Waals surface area contributed by atoms with Crippen molar-refractivity contribution in [2.24, 2.45) is 11.7 Å². The Morgan fingerprint density at radius 2 is 1.76 bits per heavy atom. The number of hydrogen-bond acceptors (Lipinski definition) is 3. The van der Waals surface area contributed by atoms with E-state index < -0.39 is 0 Å². The van der Waals surface area contributed by atoms with Crippen LogP contribution in [0.4, 0.5) is 0 Å². The summed E-state index contributed by atoms with van der Waals surface area (Å²) in [4.78, 5) is 16.5. The molecular formula is C13H27N3O. The molecule has 1 heterocycles. The van der Waals surface area contributed by atoms with Crippen LogP contribution in [0.1, 0.15) is 34.1 Å². The molecule has 0 saturated carbocycles. The van der Waals surface area contributed by atoms with Gasteiger partial charge in [0.2, 0.25) is 5.91 Å². The molecule has 1 rings (SSSR count). The Balaban J connectivity index is 2.58. The second kappa shape index (κ2) is 5.83. The Labute approximate surface area is 105 Å². The Kier molecular flexibility index (Phi) is 4.95. The van der Waals surface area contributed by atoms with Crippen LogP contribution < -0.4 is 5.73 Å². The minimum Gasteiger partial charge on any atom is -0.338 e. The average Bonchev–Trinajstić information content (AvgIpc) is 2.23. The van der Waals surface area contributed by atoms with Crippen molar-refractivity contribution < 1.29 is 4.79 Å². The van der Waals surface area contributed by atoms with E-state index in [0.29, 0.717) is 18.0 Å². The summed E-state index contributed by atoms with van der Waals surface area (Å²) < 4.78 is 0. The van der Waals surface area contributed by atoms with Gasteiger partial charge in [-0.1, -0.05) is 13.8 Å². The Morgan fingerprint density at radius 3 is 2.18 bits per heavy atom. The van der Waals surface area contributed by atoms with Crippen molar-refractivity contribution in [1.82, 2.24) is 9.80 Å². The minimum absolute atomic E-state index is 0.116. The van der Waals surface area contributed by atoms with E-state index in [-0.39, 0.29) is 11.9 Å². The quantitative estimate of drug-likeness (QED) is 0.799. The molecule has 0 aliphatic carbocycles. The van der Waals surface area contributed by atoms with E-state index in [9.17, 15) is 4.79 Å². The molecule has 0 aromatic rings. The fourth-order valence-corrected chi connectivity index (χ4v) is 2.43. The first-order valence-electron chi connectivity index (χ1n) is 6.59. The summed E-state index contributed by atoms with van der Waals surface area (Å²) in [6.07, 6.45) is 0.772. The second-order valence-corrected chi connectivity index (χ2v) is 5.84. The summed E-state index contributed by atoms with van der Waals surface area (Å²) in [5.74, 6) is 0.585. The van der Waals surface area contributed by atoms with Gasteiger partial charge in [0, 0.05) is 25.2 Å². The van der Waals surface area contributed by atoms with Gasteiger partial charge in [0.15, 0.2) is 0 Å². The lowest BCUT2D eigenvalue weighted by molar-refractivity contribution is -0.136. The molecule has 4 heteroatoms. The molecule has 2 N–H and O–H groups in total. The normalized spacial score (nSPS) is 28.5. The number of rotatable bonds is 3. The third-order valence-electron chi connectivity index (χ3n) is 3.71. The summed E-state index contributed by atoms with van der Waals surface area (Å²) >= 11 is 0. The molecule has 3 atom stereocenters. The lowest BCUT2D eigenvalue weighted by Crippen LogP contribution is -2.59. The Bertz CT molecular complexity index is 255. The highest BCUT2D eigenvalue weighted by atomic mass is 16.2. The van der Waals surface area contributed by atoms with Gasteiger partial charge in [-0.15, -0.1) is 0 Å². The topological polar surface area (TPSA) is 49.6 Å². The van der Waals surface area contributed by atoms with Crippen molar-refractivity contribution in [2.45, 2.75) is 52.2 Å². The van der Waals surface area contributed by atoms with Crippen LogP contribution in [-0.4, -0.2) is 54.0 Å². The summed E-state index contributed by atoms with van der Waals surface area (Å²) in [6, 6.07) is 0.487. The van der Waals surface area contributed by atoms with E-state index in [2.05, 4.69) is 39.6 Å². The van der Waals surface area contributed by atoms with E-state index in [4.69, 9.17) is 5.73 Å². The van der Waals surface area contributed by atoms with Gasteiger partial charge < -0.3 is 10.6 Å². The first kappa shape index (κ1) is 14.5. The molecule has 0 bridgehead atoms. The molecule has 1 fully saturated rings. The number of carbonyl (C=O) groups is 1. The smallest absolute Gasteiger partial charge is 0.239 e. The highest BCUT2D eigenvalue weighted by Gasteiger charge is 2.31. The molecule has 100 valence electrons. The van der Waals surface area contributed by atoms with Crippen LogP contribution in [0.3, 0.4) is 0 Å². The van der Waals surface area contributed by atoms with Gasteiger partial charge in [0.1, 0.15) is 0 Å².